The number of hydrogen-bond donors (Lipinski definition) is 2. The summed E-state index contributed by atoms with van der Waals surface area (Å²) >= 11 is 1.47. The Morgan fingerprint density at radius 1 is 1.48 bits per heavy atom. The summed E-state index contributed by atoms with van der Waals surface area (Å²) in [6.07, 6.45) is 0.922. The van der Waals surface area contributed by atoms with Crippen LogP contribution in [0.2, 0.25) is 0 Å². The zero-order valence-corrected chi connectivity index (χ0v) is 12.7. The van der Waals surface area contributed by atoms with Crippen LogP contribution in [-0.4, -0.2) is 35.0 Å². The van der Waals surface area contributed by atoms with E-state index in [4.69, 9.17) is 4.52 Å². The molecular formula is C12H15N3O4S2. The van der Waals surface area contributed by atoms with Crippen molar-refractivity contribution in [3.63, 3.8) is 0 Å². The lowest BCUT2D eigenvalue weighted by atomic mass is 10.3. The largest absolute Gasteiger partial charge is 0.392 e. The molecule has 2 aromatic rings. The molecule has 0 bridgehead atoms. The second-order valence-corrected chi connectivity index (χ2v) is 7.83. The van der Waals surface area contributed by atoms with Crippen LogP contribution in [0.5, 0.6) is 0 Å². The summed E-state index contributed by atoms with van der Waals surface area (Å²) in [6, 6.07) is 3.72. The van der Waals surface area contributed by atoms with Crippen molar-refractivity contribution in [1.82, 2.24) is 14.9 Å². The Kier molecular flexibility index (Phi) is 4.07. The molecule has 0 aromatic carbocycles. The summed E-state index contributed by atoms with van der Waals surface area (Å²) in [5.41, 5.74) is 0. The Hall–Kier alpha value is -1.29. The maximum absolute atomic E-state index is 12.1. The molecule has 1 aliphatic carbocycles. The Morgan fingerprint density at radius 2 is 2.33 bits per heavy atom. The van der Waals surface area contributed by atoms with Gasteiger partial charge >= 0.3 is 0 Å². The van der Waals surface area contributed by atoms with Gasteiger partial charge in [0.1, 0.15) is 5.25 Å². The van der Waals surface area contributed by atoms with Gasteiger partial charge in [-0.25, -0.2) is 13.1 Å². The van der Waals surface area contributed by atoms with Crippen LogP contribution in [0, 0.1) is 0 Å². The second-order valence-electron chi connectivity index (χ2n) is 4.90. The van der Waals surface area contributed by atoms with Crippen LogP contribution >= 0.6 is 11.3 Å². The van der Waals surface area contributed by atoms with E-state index in [9.17, 15) is 13.5 Å². The standard InChI is InChI=1S/C12H15N3O4S2/c16-8-3-1-5-10(8)21(17,18)13-7-11-14-12(19-15-11)9-4-2-6-20-9/h2,4,6,8,10,13,16H,1,3,5,7H2/t8-,10-/m1/s1. The highest BCUT2D eigenvalue weighted by Gasteiger charge is 2.36. The van der Waals surface area contributed by atoms with Crippen LogP contribution in [-0.2, 0) is 16.6 Å². The molecule has 0 unspecified atom stereocenters. The normalized spacial score (nSPS) is 22.7. The van der Waals surface area contributed by atoms with Gasteiger partial charge in [-0.15, -0.1) is 11.3 Å². The first-order valence-electron chi connectivity index (χ1n) is 6.59. The third-order valence-corrected chi connectivity index (χ3v) is 6.20. The SMILES string of the molecule is O=S(=O)(NCc1noc(-c2cccs2)n1)[C@@H]1CCC[C@H]1O. The number of thiophene rings is 1. The van der Waals surface area contributed by atoms with Crippen molar-refractivity contribution in [1.29, 1.82) is 0 Å². The minimum Gasteiger partial charge on any atom is -0.392 e. The topological polar surface area (TPSA) is 105 Å². The van der Waals surface area contributed by atoms with E-state index in [0.29, 0.717) is 18.7 Å². The fourth-order valence-corrected chi connectivity index (χ4v) is 4.58. The zero-order chi connectivity index (χ0) is 14.9. The van der Waals surface area contributed by atoms with E-state index in [0.717, 1.165) is 11.3 Å². The molecule has 2 aromatic heterocycles. The summed E-state index contributed by atoms with van der Waals surface area (Å²) in [7, 11) is -3.57. The Bertz CT molecular complexity index is 696. The lowest BCUT2D eigenvalue weighted by molar-refractivity contribution is 0.184. The number of rotatable bonds is 5. The third kappa shape index (κ3) is 3.15. The first-order chi connectivity index (χ1) is 10.1. The number of hydrogen-bond acceptors (Lipinski definition) is 7. The lowest BCUT2D eigenvalue weighted by Gasteiger charge is -2.15. The van der Waals surface area contributed by atoms with Crippen LogP contribution in [0.15, 0.2) is 22.0 Å². The average molecular weight is 329 g/mol. The predicted octanol–water partition coefficient (Wildman–Crippen LogP) is 1.13. The van der Waals surface area contributed by atoms with Crippen LogP contribution in [0.4, 0.5) is 0 Å². The first-order valence-corrected chi connectivity index (χ1v) is 9.02. The van der Waals surface area contributed by atoms with Crippen LogP contribution < -0.4 is 4.72 Å². The molecule has 0 aliphatic heterocycles. The molecule has 1 saturated carbocycles. The van der Waals surface area contributed by atoms with E-state index in [-0.39, 0.29) is 12.4 Å². The molecule has 2 N–H and O–H groups in total. The van der Waals surface area contributed by atoms with E-state index >= 15 is 0 Å². The number of nitrogens with zero attached hydrogens (tertiary/aromatic N) is 2. The lowest BCUT2D eigenvalue weighted by Crippen LogP contribution is -2.38. The van der Waals surface area contributed by atoms with Gasteiger partial charge in [0, 0.05) is 0 Å². The molecule has 1 fully saturated rings. The van der Waals surface area contributed by atoms with Gasteiger partial charge in [-0.2, -0.15) is 4.98 Å². The fourth-order valence-electron chi connectivity index (χ4n) is 2.37. The number of sulfonamides is 1. The van der Waals surface area contributed by atoms with Crippen molar-refractivity contribution in [2.75, 3.05) is 0 Å². The smallest absolute Gasteiger partial charge is 0.268 e. The Morgan fingerprint density at radius 3 is 3.00 bits per heavy atom. The summed E-state index contributed by atoms with van der Waals surface area (Å²) < 4.78 is 31.7. The molecule has 0 amide bonds. The molecule has 21 heavy (non-hydrogen) atoms. The van der Waals surface area contributed by atoms with Crippen molar-refractivity contribution in [2.45, 2.75) is 37.2 Å². The monoisotopic (exact) mass is 329 g/mol. The summed E-state index contributed by atoms with van der Waals surface area (Å²) in [5.74, 6) is 0.648. The fraction of sp³-hybridized carbons (Fsp3) is 0.500. The number of aliphatic hydroxyl groups is 1. The van der Waals surface area contributed by atoms with E-state index in [1.807, 2.05) is 17.5 Å². The van der Waals surface area contributed by atoms with Crippen LogP contribution in [0.3, 0.4) is 0 Å². The quantitative estimate of drug-likeness (QED) is 0.852. The van der Waals surface area contributed by atoms with Gasteiger partial charge in [-0.05, 0) is 30.7 Å². The van der Waals surface area contributed by atoms with Gasteiger partial charge in [0.2, 0.25) is 10.0 Å². The predicted molar refractivity (Wildman–Crippen MR) is 77.0 cm³/mol. The molecule has 9 heteroatoms. The van der Waals surface area contributed by atoms with Crippen molar-refractivity contribution >= 4 is 21.4 Å². The molecule has 0 spiro atoms. The highest BCUT2D eigenvalue weighted by atomic mass is 32.2. The van der Waals surface area contributed by atoms with Gasteiger partial charge < -0.3 is 9.63 Å². The van der Waals surface area contributed by atoms with Gasteiger partial charge in [-0.1, -0.05) is 11.2 Å². The molecule has 114 valence electrons. The van der Waals surface area contributed by atoms with E-state index in [2.05, 4.69) is 14.9 Å². The molecule has 2 atom stereocenters. The van der Waals surface area contributed by atoms with Gasteiger partial charge in [0.05, 0.1) is 17.5 Å². The minimum absolute atomic E-state index is 0.0412. The summed E-state index contributed by atoms with van der Waals surface area (Å²) in [5, 5.41) is 14.6. The van der Waals surface area contributed by atoms with Crippen molar-refractivity contribution in [3.8, 4) is 10.8 Å². The second kappa shape index (κ2) is 5.84. The van der Waals surface area contributed by atoms with Crippen molar-refractivity contribution in [3.05, 3.63) is 23.3 Å². The highest BCUT2D eigenvalue weighted by molar-refractivity contribution is 7.90. The molecular weight excluding hydrogens is 314 g/mol. The molecule has 3 rings (SSSR count). The Balaban J connectivity index is 1.65. The number of aliphatic hydroxyl groups excluding tert-OH is 1. The molecule has 0 radical (unpaired) electrons. The van der Waals surface area contributed by atoms with Gasteiger partial charge in [-0.3, -0.25) is 0 Å². The number of aromatic nitrogens is 2. The third-order valence-electron chi connectivity index (χ3n) is 3.45. The zero-order valence-electron chi connectivity index (χ0n) is 11.1. The maximum Gasteiger partial charge on any atom is 0.268 e. The van der Waals surface area contributed by atoms with Crippen LogP contribution in [0.25, 0.3) is 10.8 Å². The van der Waals surface area contributed by atoms with Crippen LogP contribution in [0.1, 0.15) is 25.1 Å². The molecule has 1 aliphatic rings. The summed E-state index contributed by atoms with van der Waals surface area (Å²) in [6.45, 7) is -0.0412. The number of nitrogens with one attached hydrogen (secondary N) is 1. The average Bonchev–Trinajstić information content (AvgIpc) is 3.17. The van der Waals surface area contributed by atoms with Crippen molar-refractivity contribution < 1.29 is 18.0 Å². The Labute approximate surface area is 126 Å². The summed E-state index contributed by atoms with van der Waals surface area (Å²) in [4.78, 5) is 4.98. The van der Waals surface area contributed by atoms with Crippen molar-refractivity contribution in [2.24, 2.45) is 0 Å². The highest BCUT2D eigenvalue weighted by Crippen LogP contribution is 2.25. The molecule has 2 heterocycles. The molecule has 0 saturated heterocycles. The maximum atomic E-state index is 12.1. The van der Waals surface area contributed by atoms with E-state index in [1.165, 1.54) is 11.3 Å². The van der Waals surface area contributed by atoms with Gasteiger partial charge in [0.25, 0.3) is 5.89 Å². The van der Waals surface area contributed by atoms with E-state index in [1.54, 1.807) is 0 Å². The minimum atomic E-state index is -3.57. The first kappa shape index (κ1) is 14.6. The molecule has 7 nitrogen and oxygen atoms in total. The van der Waals surface area contributed by atoms with E-state index < -0.39 is 21.4 Å². The van der Waals surface area contributed by atoms with Gasteiger partial charge in [0.15, 0.2) is 5.82 Å².